The van der Waals surface area contributed by atoms with E-state index in [4.69, 9.17) is 0 Å². The molecule has 2 heterocycles. The summed E-state index contributed by atoms with van der Waals surface area (Å²) in [6.45, 7) is 9.23. The summed E-state index contributed by atoms with van der Waals surface area (Å²) in [7, 11) is 0. The second kappa shape index (κ2) is 11.6. The van der Waals surface area contributed by atoms with E-state index in [0.29, 0.717) is 11.8 Å². The first kappa shape index (κ1) is 23.0. The molecule has 0 spiro atoms. The fourth-order valence-corrected chi connectivity index (χ4v) is 4.41. The highest BCUT2D eigenvalue weighted by molar-refractivity contribution is 14.0. The molecule has 5 nitrogen and oxygen atoms in total. The highest BCUT2D eigenvalue weighted by Crippen LogP contribution is 2.34. The van der Waals surface area contributed by atoms with E-state index in [9.17, 15) is 4.79 Å². The van der Waals surface area contributed by atoms with Crippen LogP contribution in [0.1, 0.15) is 51.0 Å². The summed E-state index contributed by atoms with van der Waals surface area (Å²) < 4.78 is 0. The number of carbonyl (C=O) groups excluding carboxylic acids is 1. The van der Waals surface area contributed by atoms with E-state index in [-0.39, 0.29) is 36.4 Å². The van der Waals surface area contributed by atoms with Crippen molar-refractivity contribution in [2.24, 2.45) is 10.9 Å². The molecule has 6 heteroatoms. The number of benzene rings is 1. The van der Waals surface area contributed by atoms with Gasteiger partial charge in [-0.25, -0.2) is 4.99 Å². The first-order valence-corrected chi connectivity index (χ1v) is 10.6. The van der Waals surface area contributed by atoms with Gasteiger partial charge >= 0.3 is 0 Å². The molecule has 2 unspecified atom stereocenters. The van der Waals surface area contributed by atoms with Gasteiger partial charge < -0.3 is 15.1 Å². The van der Waals surface area contributed by atoms with Crippen LogP contribution in [-0.2, 0) is 4.79 Å². The number of likely N-dealkylation sites (tertiary alicyclic amines) is 2. The minimum absolute atomic E-state index is 0. The van der Waals surface area contributed by atoms with Gasteiger partial charge in [-0.3, -0.25) is 4.79 Å². The molecule has 0 saturated carbocycles. The smallest absolute Gasteiger partial charge is 0.244 e. The standard InChI is InChI=1S/C22H34N4O.HI/c1-3-18-17-26(15-12-20(18)19-10-6-5-7-11-19)22(23-4-2)24-16-21(27)25-13-8-9-14-25;/h5-7,10-11,18,20H,3-4,8-9,12-17H2,1-2H3,(H,23,24);1H. The molecule has 0 aromatic heterocycles. The summed E-state index contributed by atoms with van der Waals surface area (Å²) in [6.07, 6.45) is 4.54. The van der Waals surface area contributed by atoms with Crippen molar-refractivity contribution in [2.75, 3.05) is 39.3 Å². The Morgan fingerprint density at radius 2 is 1.82 bits per heavy atom. The average molecular weight is 498 g/mol. The van der Waals surface area contributed by atoms with E-state index >= 15 is 0 Å². The molecule has 0 radical (unpaired) electrons. The van der Waals surface area contributed by atoms with E-state index in [0.717, 1.165) is 64.4 Å². The van der Waals surface area contributed by atoms with E-state index in [2.05, 4.69) is 59.4 Å². The van der Waals surface area contributed by atoms with Gasteiger partial charge in [0.15, 0.2) is 5.96 Å². The van der Waals surface area contributed by atoms with Crippen molar-refractivity contribution < 1.29 is 4.79 Å². The van der Waals surface area contributed by atoms with Crippen molar-refractivity contribution in [1.82, 2.24) is 15.1 Å². The molecule has 28 heavy (non-hydrogen) atoms. The first-order valence-electron chi connectivity index (χ1n) is 10.6. The summed E-state index contributed by atoms with van der Waals surface area (Å²) in [4.78, 5) is 21.4. The van der Waals surface area contributed by atoms with Crippen LogP contribution in [-0.4, -0.2) is 60.9 Å². The zero-order valence-electron chi connectivity index (χ0n) is 17.3. The van der Waals surface area contributed by atoms with Crippen LogP contribution in [0, 0.1) is 5.92 Å². The lowest BCUT2D eigenvalue weighted by atomic mass is 9.79. The Kier molecular flexibility index (Phi) is 9.55. The molecule has 3 rings (SSSR count). The molecule has 1 N–H and O–H groups in total. The van der Waals surface area contributed by atoms with Crippen LogP contribution in [0.4, 0.5) is 0 Å². The van der Waals surface area contributed by atoms with Gasteiger partial charge in [-0.05, 0) is 43.6 Å². The number of rotatable bonds is 5. The van der Waals surface area contributed by atoms with Gasteiger partial charge in [0.05, 0.1) is 0 Å². The quantitative estimate of drug-likeness (QED) is 0.383. The van der Waals surface area contributed by atoms with Crippen molar-refractivity contribution in [3.63, 3.8) is 0 Å². The Bertz CT molecular complexity index is 631. The molecule has 2 fully saturated rings. The largest absolute Gasteiger partial charge is 0.357 e. The number of amides is 1. The van der Waals surface area contributed by atoms with Crippen molar-refractivity contribution in [3.8, 4) is 0 Å². The number of halogens is 1. The third kappa shape index (κ3) is 5.84. The van der Waals surface area contributed by atoms with Gasteiger partial charge in [0.1, 0.15) is 6.54 Å². The predicted molar refractivity (Wildman–Crippen MR) is 126 cm³/mol. The van der Waals surface area contributed by atoms with Crippen molar-refractivity contribution in [2.45, 2.75) is 45.4 Å². The van der Waals surface area contributed by atoms with Crippen LogP contribution >= 0.6 is 24.0 Å². The first-order chi connectivity index (χ1) is 13.2. The molecule has 1 aromatic rings. The molecule has 2 aliphatic heterocycles. The van der Waals surface area contributed by atoms with Gasteiger partial charge in [0, 0.05) is 32.7 Å². The lowest BCUT2D eigenvalue weighted by molar-refractivity contribution is -0.128. The van der Waals surface area contributed by atoms with Crippen molar-refractivity contribution in [3.05, 3.63) is 35.9 Å². The number of nitrogens with one attached hydrogen (secondary N) is 1. The predicted octanol–water partition coefficient (Wildman–Crippen LogP) is 3.71. The molecule has 0 aliphatic carbocycles. The lowest BCUT2D eigenvalue weighted by Crippen LogP contribution is -2.48. The van der Waals surface area contributed by atoms with Crippen LogP contribution in [0.15, 0.2) is 35.3 Å². The fraction of sp³-hybridized carbons (Fsp3) is 0.636. The molecule has 0 bridgehead atoms. The maximum atomic E-state index is 12.4. The van der Waals surface area contributed by atoms with E-state index < -0.39 is 0 Å². The molecule has 156 valence electrons. The molecule has 1 amide bonds. The zero-order chi connectivity index (χ0) is 19.1. The molecule has 1 aromatic carbocycles. The summed E-state index contributed by atoms with van der Waals surface area (Å²) in [5.74, 6) is 2.28. The number of guanidine groups is 1. The van der Waals surface area contributed by atoms with Gasteiger partial charge in [0.2, 0.25) is 5.91 Å². The Morgan fingerprint density at radius 1 is 1.11 bits per heavy atom. The maximum absolute atomic E-state index is 12.4. The number of piperidine rings is 1. The highest BCUT2D eigenvalue weighted by atomic mass is 127. The lowest BCUT2D eigenvalue weighted by Gasteiger charge is -2.40. The van der Waals surface area contributed by atoms with Crippen LogP contribution < -0.4 is 5.32 Å². The Hall–Kier alpha value is -1.31. The molecule has 2 aliphatic rings. The van der Waals surface area contributed by atoms with Crippen LogP contribution in [0.5, 0.6) is 0 Å². The number of carbonyl (C=O) groups is 1. The molecule has 2 saturated heterocycles. The van der Waals surface area contributed by atoms with Gasteiger partial charge in [-0.2, -0.15) is 0 Å². The number of hydrogen-bond acceptors (Lipinski definition) is 2. The number of hydrogen-bond donors (Lipinski definition) is 1. The third-order valence-corrected chi connectivity index (χ3v) is 5.94. The normalized spacial score (nSPS) is 22.7. The van der Waals surface area contributed by atoms with Gasteiger partial charge in [-0.15, -0.1) is 24.0 Å². The summed E-state index contributed by atoms with van der Waals surface area (Å²) in [5.41, 5.74) is 1.45. The van der Waals surface area contributed by atoms with Gasteiger partial charge in [-0.1, -0.05) is 43.7 Å². The van der Waals surface area contributed by atoms with E-state index in [1.54, 1.807) is 0 Å². The highest BCUT2D eigenvalue weighted by Gasteiger charge is 2.30. The summed E-state index contributed by atoms with van der Waals surface area (Å²) in [6, 6.07) is 10.9. The Labute approximate surface area is 187 Å². The van der Waals surface area contributed by atoms with Crippen molar-refractivity contribution in [1.29, 1.82) is 0 Å². The van der Waals surface area contributed by atoms with Crippen LogP contribution in [0.3, 0.4) is 0 Å². The average Bonchev–Trinajstić information content (AvgIpc) is 3.26. The van der Waals surface area contributed by atoms with E-state index in [1.165, 1.54) is 5.56 Å². The molecule has 2 atom stereocenters. The maximum Gasteiger partial charge on any atom is 0.244 e. The summed E-state index contributed by atoms with van der Waals surface area (Å²) >= 11 is 0. The Morgan fingerprint density at radius 3 is 2.46 bits per heavy atom. The zero-order valence-corrected chi connectivity index (χ0v) is 19.6. The van der Waals surface area contributed by atoms with Crippen LogP contribution in [0.25, 0.3) is 0 Å². The molecular weight excluding hydrogens is 463 g/mol. The minimum atomic E-state index is 0. The third-order valence-electron chi connectivity index (χ3n) is 5.94. The fourth-order valence-electron chi connectivity index (χ4n) is 4.41. The monoisotopic (exact) mass is 498 g/mol. The summed E-state index contributed by atoms with van der Waals surface area (Å²) in [5, 5.41) is 3.40. The number of nitrogens with zero attached hydrogens (tertiary/aromatic N) is 3. The Balaban J connectivity index is 0.00000280. The SMILES string of the molecule is CCNC(=NCC(=O)N1CCCC1)N1CCC(c2ccccc2)C(CC)C1.I. The second-order valence-electron chi connectivity index (χ2n) is 7.68. The van der Waals surface area contributed by atoms with Crippen LogP contribution in [0.2, 0.25) is 0 Å². The van der Waals surface area contributed by atoms with Gasteiger partial charge in [0.25, 0.3) is 0 Å². The minimum Gasteiger partial charge on any atom is -0.357 e. The molecular formula is C22H35IN4O. The van der Waals surface area contributed by atoms with Crippen molar-refractivity contribution >= 4 is 35.8 Å². The van der Waals surface area contributed by atoms with E-state index in [1.807, 2.05) is 4.90 Å². The number of aliphatic imine (C=N–C) groups is 1. The topological polar surface area (TPSA) is 47.9 Å². The second-order valence-corrected chi connectivity index (χ2v) is 7.68.